The van der Waals surface area contributed by atoms with Crippen LogP contribution in [-0.2, 0) is 18.4 Å². The second-order valence-electron chi connectivity index (χ2n) is 6.57. The van der Waals surface area contributed by atoms with Crippen molar-refractivity contribution in [2.45, 2.75) is 18.6 Å². The number of anilines is 1. The van der Waals surface area contributed by atoms with Gasteiger partial charge in [0.05, 0.1) is 17.2 Å². The Labute approximate surface area is 182 Å². The van der Waals surface area contributed by atoms with Crippen LogP contribution in [0.25, 0.3) is 0 Å². The van der Waals surface area contributed by atoms with Gasteiger partial charge in [0.15, 0.2) is 11.0 Å². The molecule has 0 fully saturated rings. The third-order valence-electron chi connectivity index (χ3n) is 4.43. The molecule has 0 aliphatic heterocycles. The largest absolute Gasteiger partial charge is 0.345 e. The molecular formula is C20H20N6O4S. The van der Waals surface area contributed by atoms with Crippen LogP contribution in [0.5, 0.6) is 0 Å². The van der Waals surface area contributed by atoms with Crippen LogP contribution >= 0.6 is 11.8 Å². The second kappa shape index (κ2) is 9.85. The van der Waals surface area contributed by atoms with Crippen molar-refractivity contribution in [1.82, 2.24) is 20.1 Å². The summed E-state index contributed by atoms with van der Waals surface area (Å²) in [6, 6.07) is 13.2. The van der Waals surface area contributed by atoms with Crippen molar-refractivity contribution in [3.8, 4) is 0 Å². The fourth-order valence-electron chi connectivity index (χ4n) is 2.76. The monoisotopic (exact) mass is 440 g/mol. The predicted molar refractivity (Wildman–Crippen MR) is 116 cm³/mol. The van der Waals surface area contributed by atoms with Gasteiger partial charge in [-0.05, 0) is 24.6 Å². The number of aromatic nitrogens is 3. The molecule has 0 atom stereocenters. The van der Waals surface area contributed by atoms with Crippen LogP contribution in [-0.4, -0.2) is 37.3 Å². The second-order valence-corrected chi connectivity index (χ2v) is 7.51. The predicted octanol–water partition coefficient (Wildman–Crippen LogP) is 2.69. The summed E-state index contributed by atoms with van der Waals surface area (Å²) in [7, 11) is 1.73. The number of hydrogen-bond acceptors (Lipinski definition) is 7. The zero-order chi connectivity index (χ0) is 22.4. The molecule has 0 saturated carbocycles. The van der Waals surface area contributed by atoms with Crippen LogP contribution < -0.4 is 10.6 Å². The minimum atomic E-state index is -0.553. The molecule has 2 amide bonds. The number of rotatable bonds is 8. The van der Waals surface area contributed by atoms with Crippen molar-refractivity contribution in [3.05, 3.63) is 75.6 Å². The molecule has 0 saturated heterocycles. The highest BCUT2D eigenvalue weighted by Gasteiger charge is 2.17. The number of carbonyl (C=O) groups excluding carboxylic acids is 2. The van der Waals surface area contributed by atoms with Crippen LogP contribution in [0.4, 0.5) is 11.4 Å². The van der Waals surface area contributed by atoms with Crippen molar-refractivity contribution in [2.75, 3.05) is 11.1 Å². The highest BCUT2D eigenvalue weighted by atomic mass is 32.2. The molecule has 2 aromatic carbocycles. The van der Waals surface area contributed by atoms with Gasteiger partial charge in [-0.3, -0.25) is 19.7 Å². The Morgan fingerprint density at radius 3 is 2.58 bits per heavy atom. The highest BCUT2D eigenvalue weighted by molar-refractivity contribution is 7.99. The van der Waals surface area contributed by atoms with E-state index in [1.165, 1.54) is 18.2 Å². The van der Waals surface area contributed by atoms with Gasteiger partial charge < -0.3 is 15.2 Å². The lowest BCUT2D eigenvalue weighted by Crippen LogP contribution is -2.25. The Balaban J connectivity index is 1.56. The van der Waals surface area contributed by atoms with Crippen molar-refractivity contribution in [2.24, 2.45) is 7.05 Å². The molecule has 0 aliphatic carbocycles. The smallest absolute Gasteiger partial charge is 0.292 e. The van der Waals surface area contributed by atoms with Crippen LogP contribution in [0.15, 0.2) is 53.7 Å². The van der Waals surface area contributed by atoms with Crippen molar-refractivity contribution < 1.29 is 14.5 Å². The summed E-state index contributed by atoms with van der Waals surface area (Å²) in [6.07, 6.45) is 0. The average Bonchev–Trinajstić information content (AvgIpc) is 3.10. The number of nitrogens with one attached hydrogen (secondary N) is 2. The Bertz CT molecular complexity index is 1130. The maximum Gasteiger partial charge on any atom is 0.292 e. The molecule has 2 N–H and O–H groups in total. The standard InChI is InChI=1S/C20H20N6O4S/c1-13-7-3-4-8-14(13)19(28)21-11-17-23-24-20(25(17)2)31-12-18(27)22-15-9-5-6-10-16(15)26(29)30/h3-10H,11-12H2,1-2H3,(H,21,28)(H,22,27). The van der Waals surface area contributed by atoms with Gasteiger partial charge in [-0.2, -0.15) is 0 Å². The zero-order valence-electron chi connectivity index (χ0n) is 16.9. The number of thioether (sulfide) groups is 1. The van der Waals surface area contributed by atoms with E-state index < -0.39 is 10.8 Å². The first-order valence-corrected chi connectivity index (χ1v) is 10.2. The molecule has 3 aromatic rings. The molecular weight excluding hydrogens is 420 g/mol. The Kier molecular flexibility index (Phi) is 6.98. The van der Waals surface area contributed by atoms with E-state index in [2.05, 4.69) is 20.8 Å². The topological polar surface area (TPSA) is 132 Å². The summed E-state index contributed by atoms with van der Waals surface area (Å²) in [5.74, 6) is -0.0903. The van der Waals surface area contributed by atoms with E-state index in [1.807, 2.05) is 19.1 Å². The minimum Gasteiger partial charge on any atom is -0.345 e. The van der Waals surface area contributed by atoms with E-state index in [0.29, 0.717) is 16.5 Å². The summed E-state index contributed by atoms with van der Waals surface area (Å²) >= 11 is 1.14. The lowest BCUT2D eigenvalue weighted by molar-refractivity contribution is -0.383. The first kappa shape index (κ1) is 22.0. The number of amides is 2. The fourth-order valence-corrected chi connectivity index (χ4v) is 3.49. The third kappa shape index (κ3) is 5.45. The number of aryl methyl sites for hydroxylation is 1. The molecule has 0 radical (unpaired) electrons. The lowest BCUT2D eigenvalue weighted by Gasteiger charge is -2.08. The van der Waals surface area contributed by atoms with E-state index in [-0.39, 0.29) is 29.6 Å². The maximum absolute atomic E-state index is 12.3. The van der Waals surface area contributed by atoms with Gasteiger partial charge in [0.1, 0.15) is 5.69 Å². The number of para-hydroxylation sites is 2. The summed E-state index contributed by atoms with van der Waals surface area (Å²) in [5, 5.41) is 25.0. The summed E-state index contributed by atoms with van der Waals surface area (Å²) < 4.78 is 1.68. The van der Waals surface area contributed by atoms with E-state index in [1.54, 1.807) is 29.8 Å². The number of hydrogen-bond donors (Lipinski definition) is 2. The number of nitro groups is 1. The molecule has 10 nitrogen and oxygen atoms in total. The summed E-state index contributed by atoms with van der Waals surface area (Å²) in [4.78, 5) is 35.1. The molecule has 0 bridgehead atoms. The zero-order valence-corrected chi connectivity index (χ0v) is 17.7. The molecule has 1 aromatic heterocycles. The molecule has 0 unspecified atom stereocenters. The van der Waals surface area contributed by atoms with Gasteiger partial charge in [-0.25, -0.2) is 0 Å². The first-order valence-electron chi connectivity index (χ1n) is 9.25. The number of nitrogens with zero attached hydrogens (tertiary/aromatic N) is 4. The number of nitro benzene ring substituents is 1. The van der Waals surface area contributed by atoms with Gasteiger partial charge in [0.2, 0.25) is 5.91 Å². The van der Waals surface area contributed by atoms with Crippen molar-refractivity contribution in [1.29, 1.82) is 0 Å². The summed E-state index contributed by atoms with van der Waals surface area (Å²) in [5.41, 5.74) is 1.42. The normalized spacial score (nSPS) is 10.5. The van der Waals surface area contributed by atoms with Crippen LogP contribution in [0, 0.1) is 17.0 Å². The average molecular weight is 440 g/mol. The van der Waals surface area contributed by atoms with E-state index in [4.69, 9.17) is 0 Å². The summed E-state index contributed by atoms with van der Waals surface area (Å²) in [6.45, 7) is 2.04. The van der Waals surface area contributed by atoms with Gasteiger partial charge in [-0.1, -0.05) is 42.1 Å². The molecule has 31 heavy (non-hydrogen) atoms. The maximum atomic E-state index is 12.3. The molecule has 3 rings (SSSR count). The Hall–Kier alpha value is -3.73. The third-order valence-corrected chi connectivity index (χ3v) is 5.45. The van der Waals surface area contributed by atoms with Crippen LogP contribution in [0.1, 0.15) is 21.7 Å². The Morgan fingerprint density at radius 2 is 1.84 bits per heavy atom. The first-order chi connectivity index (χ1) is 14.9. The van der Waals surface area contributed by atoms with Crippen molar-refractivity contribution in [3.63, 3.8) is 0 Å². The van der Waals surface area contributed by atoms with Gasteiger partial charge >= 0.3 is 0 Å². The number of carbonyl (C=O) groups is 2. The lowest BCUT2D eigenvalue weighted by atomic mass is 10.1. The molecule has 11 heteroatoms. The quantitative estimate of drug-likeness (QED) is 0.313. The SMILES string of the molecule is Cc1ccccc1C(=O)NCc1nnc(SCC(=O)Nc2ccccc2[N+](=O)[O-])n1C. The van der Waals surface area contributed by atoms with Crippen LogP contribution in [0.3, 0.4) is 0 Å². The molecule has 0 aliphatic rings. The molecule has 1 heterocycles. The van der Waals surface area contributed by atoms with Gasteiger partial charge in [0, 0.05) is 18.7 Å². The van der Waals surface area contributed by atoms with Crippen molar-refractivity contribution >= 4 is 35.0 Å². The van der Waals surface area contributed by atoms with Gasteiger partial charge in [-0.15, -0.1) is 10.2 Å². The van der Waals surface area contributed by atoms with Crippen LogP contribution in [0.2, 0.25) is 0 Å². The van der Waals surface area contributed by atoms with E-state index >= 15 is 0 Å². The Morgan fingerprint density at radius 1 is 1.13 bits per heavy atom. The number of benzene rings is 2. The van der Waals surface area contributed by atoms with E-state index in [9.17, 15) is 19.7 Å². The van der Waals surface area contributed by atoms with Gasteiger partial charge in [0.25, 0.3) is 11.6 Å². The molecule has 160 valence electrons. The molecule has 0 spiro atoms. The fraction of sp³-hybridized carbons (Fsp3) is 0.200. The highest BCUT2D eigenvalue weighted by Crippen LogP contribution is 2.24. The van der Waals surface area contributed by atoms with E-state index in [0.717, 1.165) is 17.3 Å². The minimum absolute atomic E-state index is 0.00636.